The molecule has 0 aromatic carbocycles. The SMILES string of the molecule is C/C=C/CC(O)C1(C)CCC(C)=CC1C. The van der Waals surface area contributed by atoms with Crippen LogP contribution in [0, 0.1) is 11.3 Å². The molecule has 3 unspecified atom stereocenters. The van der Waals surface area contributed by atoms with E-state index in [1.807, 2.05) is 13.0 Å². The Balaban J connectivity index is 2.74. The van der Waals surface area contributed by atoms with E-state index in [9.17, 15) is 5.11 Å². The molecule has 1 aliphatic carbocycles. The van der Waals surface area contributed by atoms with E-state index < -0.39 is 0 Å². The molecular formula is C14H24O. The first kappa shape index (κ1) is 12.5. The van der Waals surface area contributed by atoms with Crippen LogP contribution >= 0.6 is 0 Å². The fraction of sp³-hybridized carbons (Fsp3) is 0.714. The maximum Gasteiger partial charge on any atom is 0.0633 e. The first-order chi connectivity index (χ1) is 7.00. The average Bonchev–Trinajstić information content (AvgIpc) is 2.20. The molecule has 0 aromatic heterocycles. The Morgan fingerprint density at radius 2 is 2.33 bits per heavy atom. The molecule has 0 amide bonds. The molecule has 1 N–H and O–H groups in total. The van der Waals surface area contributed by atoms with Crippen molar-refractivity contribution in [2.75, 3.05) is 0 Å². The summed E-state index contributed by atoms with van der Waals surface area (Å²) in [6.07, 6.45) is 9.21. The minimum absolute atomic E-state index is 0.0546. The molecule has 0 aliphatic heterocycles. The van der Waals surface area contributed by atoms with Crippen molar-refractivity contribution in [3.8, 4) is 0 Å². The van der Waals surface area contributed by atoms with E-state index in [0.29, 0.717) is 5.92 Å². The lowest BCUT2D eigenvalue weighted by atomic mass is 9.66. The molecule has 0 saturated carbocycles. The maximum absolute atomic E-state index is 10.2. The van der Waals surface area contributed by atoms with E-state index in [4.69, 9.17) is 0 Å². The van der Waals surface area contributed by atoms with Crippen LogP contribution in [0.25, 0.3) is 0 Å². The summed E-state index contributed by atoms with van der Waals surface area (Å²) in [5.41, 5.74) is 1.53. The smallest absolute Gasteiger partial charge is 0.0633 e. The van der Waals surface area contributed by atoms with Crippen molar-refractivity contribution in [3.05, 3.63) is 23.8 Å². The lowest BCUT2D eigenvalue weighted by Gasteiger charge is -2.41. The summed E-state index contributed by atoms with van der Waals surface area (Å²) < 4.78 is 0. The second kappa shape index (κ2) is 4.98. The largest absolute Gasteiger partial charge is 0.392 e. The molecule has 1 rings (SSSR count). The second-order valence-electron chi connectivity index (χ2n) is 5.13. The van der Waals surface area contributed by atoms with Gasteiger partial charge in [0.25, 0.3) is 0 Å². The molecular weight excluding hydrogens is 184 g/mol. The van der Waals surface area contributed by atoms with Crippen molar-refractivity contribution in [2.45, 2.75) is 53.1 Å². The fourth-order valence-electron chi connectivity index (χ4n) is 2.40. The highest BCUT2D eigenvalue weighted by Gasteiger charge is 2.38. The van der Waals surface area contributed by atoms with Gasteiger partial charge in [-0.2, -0.15) is 0 Å². The van der Waals surface area contributed by atoms with E-state index in [1.165, 1.54) is 5.57 Å². The first-order valence-electron chi connectivity index (χ1n) is 5.97. The molecule has 0 bridgehead atoms. The van der Waals surface area contributed by atoms with E-state index in [-0.39, 0.29) is 11.5 Å². The van der Waals surface area contributed by atoms with Crippen molar-refractivity contribution in [3.63, 3.8) is 0 Å². The van der Waals surface area contributed by atoms with Crippen LogP contribution in [0.2, 0.25) is 0 Å². The van der Waals surface area contributed by atoms with E-state index in [0.717, 1.165) is 19.3 Å². The molecule has 0 heterocycles. The van der Waals surface area contributed by atoms with Crippen LogP contribution in [0.15, 0.2) is 23.8 Å². The number of aliphatic hydroxyl groups is 1. The summed E-state index contributed by atoms with van der Waals surface area (Å²) in [5.74, 6) is 0.478. The van der Waals surface area contributed by atoms with Crippen molar-refractivity contribution >= 4 is 0 Å². The first-order valence-corrected chi connectivity index (χ1v) is 5.97. The molecule has 1 aliphatic rings. The maximum atomic E-state index is 10.2. The van der Waals surface area contributed by atoms with Crippen LogP contribution in [-0.4, -0.2) is 11.2 Å². The molecule has 86 valence electrons. The zero-order chi connectivity index (χ0) is 11.5. The number of allylic oxidation sites excluding steroid dienone is 3. The van der Waals surface area contributed by atoms with Crippen molar-refractivity contribution in [2.24, 2.45) is 11.3 Å². The average molecular weight is 208 g/mol. The van der Waals surface area contributed by atoms with Crippen LogP contribution in [0.3, 0.4) is 0 Å². The summed E-state index contributed by atoms with van der Waals surface area (Å²) in [4.78, 5) is 0. The van der Waals surface area contributed by atoms with Gasteiger partial charge in [-0.1, -0.05) is 37.6 Å². The minimum Gasteiger partial charge on any atom is -0.392 e. The Morgan fingerprint density at radius 1 is 1.67 bits per heavy atom. The molecule has 0 saturated heterocycles. The van der Waals surface area contributed by atoms with E-state index >= 15 is 0 Å². The third kappa shape index (κ3) is 2.72. The summed E-state index contributed by atoms with van der Waals surface area (Å²) in [6, 6.07) is 0. The zero-order valence-electron chi connectivity index (χ0n) is 10.5. The van der Waals surface area contributed by atoms with Gasteiger partial charge in [0.1, 0.15) is 0 Å². The Morgan fingerprint density at radius 3 is 2.87 bits per heavy atom. The van der Waals surface area contributed by atoms with Crippen LogP contribution in [0.1, 0.15) is 47.0 Å². The summed E-state index contributed by atoms with van der Waals surface area (Å²) in [5, 5.41) is 10.2. The van der Waals surface area contributed by atoms with Crippen molar-refractivity contribution in [1.29, 1.82) is 0 Å². The molecule has 1 heteroatoms. The Kier molecular flexibility index (Phi) is 4.15. The van der Waals surface area contributed by atoms with Gasteiger partial charge in [-0.05, 0) is 39.0 Å². The lowest BCUT2D eigenvalue weighted by molar-refractivity contribution is 0.00306. The topological polar surface area (TPSA) is 20.2 Å². The normalized spacial score (nSPS) is 34.2. The summed E-state index contributed by atoms with van der Waals surface area (Å²) in [7, 11) is 0. The lowest BCUT2D eigenvalue weighted by Crippen LogP contribution is -2.39. The Bertz CT molecular complexity index is 265. The van der Waals surface area contributed by atoms with Gasteiger partial charge < -0.3 is 5.11 Å². The van der Waals surface area contributed by atoms with Crippen molar-refractivity contribution < 1.29 is 5.11 Å². The van der Waals surface area contributed by atoms with Gasteiger partial charge in [0.15, 0.2) is 0 Å². The predicted molar refractivity (Wildman–Crippen MR) is 65.7 cm³/mol. The summed E-state index contributed by atoms with van der Waals surface area (Å²) >= 11 is 0. The summed E-state index contributed by atoms with van der Waals surface area (Å²) in [6.45, 7) is 8.63. The van der Waals surface area contributed by atoms with Crippen LogP contribution in [-0.2, 0) is 0 Å². The van der Waals surface area contributed by atoms with Crippen LogP contribution in [0.4, 0.5) is 0 Å². The molecule has 1 nitrogen and oxygen atoms in total. The quantitative estimate of drug-likeness (QED) is 0.701. The van der Waals surface area contributed by atoms with Gasteiger partial charge in [0.05, 0.1) is 6.10 Å². The monoisotopic (exact) mass is 208 g/mol. The number of hydrogen-bond acceptors (Lipinski definition) is 1. The molecule has 0 radical (unpaired) electrons. The van der Waals surface area contributed by atoms with Gasteiger partial charge in [-0.25, -0.2) is 0 Å². The van der Waals surface area contributed by atoms with Crippen LogP contribution in [0.5, 0.6) is 0 Å². The highest BCUT2D eigenvalue weighted by atomic mass is 16.3. The van der Waals surface area contributed by atoms with E-state index in [1.54, 1.807) is 0 Å². The molecule has 0 spiro atoms. The molecule has 3 atom stereocenters. The Labute approximate surface area is 93.9 Å². The van der Waals surface area contributed by atoms with Gasteiger partial charge in [0, 0.05) is 5.41 Å². The van der Waals surface area contributed by atoms with E-state index in [2.05, 4.69) is 32.9 Å². The second-order valence-corrected chi connectivity index (χ2v) is 5.13. The predicted octanol–water partition coefficient (Wildman–Crippen LogP) is 3.70. The molecule has 15 heavy (non-hydrogen) atoms. The standard InChI is InChI=1S/C14H24O/c1-5-6-7-13(15)14(4)9-8-11(2)10-12(14)3/h5-6,10,12-13,15H,7-9H2,1-4H3/b6-5+. The third-order valence-corrected chi connectivity index (χ3v) is 3.99. The van der Waals surface area contributed by atoms with Gasteiger partial charge in [-0.3, -0.25) is 0 Å². The van der Waals surface area contributed by atoms with Gasteiger partial charge >= 0.3 is 0 Å². The third-order valence-electron chi connectivity index (χ3n) is 3.99. The van der Waals surface area contributed by atoms with Crippen LogP contribution < -0.4 is 0 Å². The zero-order valence-corrected chi connectivity index (χ0v) is 10.5. The fourth-order valence-corrected chi connectivity index (χ4v) is 2.40. The van der Waals surface area contributed by atoms with Gasteiger partial charge in [0.2, 0.25) is 0 Å². The van der Waals surface area contributed by atoms with Gasteiger partial charge in [-0.15, -0.1) is 0 Å². The highest BCUT2D eigenvalue weighted by Crippen LogP contribution is 2.43. The van der Waals surface area contributed by atoms with Crippen molar-refractivity contribution in [1.82, 2.24) is 0 Å². The minimum atomic E-state index is -0.215. The highest BCUT2D eigenvalue weighted by molar-refractivity contribution is 5.11. The molecule has 0 fully saturated rings. The Hall–Kier alpha value is -0.560. The number of hydrogen-bond donors (Lipinski definition) is 1. The number of aliphatic hydroxyl groups excluding tert-OH is 1. The molecule has 0 aromatic rings. The number of rotatable bonds is 3.